The van der Waals surface area contributed by atoms with E-state index in [0.717, 1.165) is 28.1 Å². The number of rotatable bonds is 16. The van der Waals surface area contributed by atoms with Crippen LogP contribution in [0.2, 0.25) is 0 Å². The van der Waals surface area contributed by atoms with E-state index in [2.05, 4.69) is 42.6 Å². The number of anilines is 5. The minimum Gasteiger partial charge on any atom is -0.482 e. The van der Waals surface area contributed by atoms with E-state index in [1.807, 2.05) is 130 Å². The van der Waals surface area contributed by atoms with Gasteiger partial charge in [0.25, 0.3) is 11.8 Å². The molecule has 0 saturated carbocycles. The first-order chi connectivity index (χ1) is 31.3. The summed E-state index contributed by atoms with van der Waals surface area (Å²) >= 11 is 2.88. The minimum atomic E-state index is -0.310. The molecule has 0 radical (unpaired) electrons. The topological polar surface area (TPSA) is 141 Å². The SMILES string of the molecule is CNCC(OCc1ccccc1N1CCN(C)c2nc(SC)ncc2C1=O)c1ccc(N2CCN(c3ccccc3OC(CNC)c3ccccc3)C(=O)c3cnc(SC)nc32)cc1. The lowest BCUT2D eigenvalue weighted by molar-refractivity contribution is 0.0412. The maximum Gasteiger partial charge on any atom is 0.263 e. The van der Waals surface area contributed by atoms with Gasteiger partial charge in [-0.3, -0.25) is 9.59 Å². The van der Waals surface area contributed by atoms with Gasteiger partial charge in [0.1, 0.15) is 28.8 Å². The van der Waals surface area contributed by atoms with Crippen molar-refractivity contribution in [1.29, 1.82) is 0 Å². The highest BCUT2D eigenvalue weighted by atomic mass is 32.2. The molecular weight excluding hydrogens is 845 g/mol. The van der Waals surface area contributed by atoms with Crippen LogP contribution in [0.3, 0.4) is 0 Å². The standard InChI is InChI=1S/C48H52N10O4S2/c1-49-29-41(61-31-34-15-9-10-16-38(34)57-24-23-55(3)43-36(45(57)59)27-51-47(53-43)63-4)33-19-21-35(22-20-33)56-25-26-58(46(60)37-28-52-48(64-5)54-44(37)56)39-17-11-12-18-40(39)62-42(30-50-2)32-13-7-6-8-14-32/h6-22,27-28,41-42,49-50H,23-26,29-31H2,1-5H3. The molecule has 6 aromatic rings. The molecule has 2 unspecified atom stereocenters. The molecule has 0 bridgehead atoms. The molecule has 4 heterocycles. The summed E-state index contributed by atoms with van der Waals surface area (Å²) in [5.74, 6) is 1.44. The second-order valence-electron chi connectivity index (χ2n) is 15.3. The fraction of sp³-hybridized carbons (Fsp3) is 0.292. The van der Waals surface area contributed by atoms with Crippen LogP contribution in [0.4, 0.5) is 28.7 Å². The largest absolute Gasteiger partial charge is 0.482 e. The lowest BCUT2D eigenvalue weighted by Gasteiger charge is -2.27. The minimum absolute atomic E-state index is 0.143. The molecule has 0 spiro atoms. The maximum absolute atomic E-state index is 14.6. The zero-order valence-electron chi connectivity index (χ0n) is 36.6. The third-order valence-electron chi connectivity index (χ3n) is 11.3. The van der Waals surface area contributed by atoms with Gasteiger partial charge in [0.05, 0.1) is 18.4 Å². The van der Waals surface area contributed by atoms with Crippen LogP contribution in [0, 0.1) is 0 Å². The van der Waals surface area contributed by atoms with E-state index in [9.17, 15) is 9.59 Å². The Bertz CT molecular complexity index is 2570. The highest BCUT2D eigenvalue weighted by molar-refractivity contribution is 7.98. The smallest absolute Gasteiger partial charge is 0.263 e. The number of nitrogens with one attached hydrogen (secondary N) is 2. The molecule has 0 aliphatic carbocycles. The van der Waals surface area contributed by atoms with Crippen molar-refractivity contribution in [3.8, 4) is 5.75 Å². The van der Waals surface area contributed by atoms with Gasteiger partial charge in [-0.25, -0.2) is 19.9 Å². The molecule has 14 nitrogen and oxygen atoms in total. The second kappa shape index (κ2) is 20.6. The van der Waals surface area contributed by atoms with Gasteiger partial charge in [0.15, 0.2) is 16.1 Å². The average molecular weight is 897 g/mol. The van der Waals surface area contributed by atoms with Crippen molar-refractivity contribution in [2.24, 2.45) is 0 Å². The summed E-state index contributed by atoms with van der Waals surface area (Å²) in [5.41, 5.74) is 6.10. The molecule has 0 saturated heterocycles. The molecular formula is C48H52N10O4S2. The summed E-state index contributed by atoms with van der Waals surface area (Å²) < 4.78 is 13.4. The Morgan fingerprint density at radius 1 is 0.625 bits per heavy atom. The van der Waals surface area contributed by atoms with Crippen LogP contribution < -0.4 is 35.0 Å². The number of carbonyl (C=O) groups excluding carboxylic acids is 2. The van der Waals surface area contributed by atoms with Gasteiger partial charge in [-0.1, -0.05) is 96.3 Å². The molecule has 8 rings (SSSR count). The van der Waals surface area contributed by atoms with E-state index in [0.29, 0.717) is 83.8 Å². The van der Waals surface area contributed by atoms with Crippen LogP contribution in [0.15, 0.2) is 126 Å². The van der Waals surface area contributed by atoms with Crippen molar-refractivity contribution < 1.29 is 19.1 Å². The van der Waals surface area contributed by atoms with E-state index in [4.69, 9.17) is 14.5 Å². The van der Waals surface area contributed by atoms with Crippen molar-refractivity contribution >= 4 is 64.0 Å². The predicted octanol–water partition coefficient (Wildman–Crippen LogP) is 7.42. The van der Waals surface area contributed by atoms with Crippen molar-refractivity contribution in [3.63, 3.8) is 0 Å². The molecule has 16 heteroatoms. The quantitative estimate of drug-likeness (QED) is 0.0736. The summed E-state index contributed by atoms with van der Waals surface area (Å²) in [6, 6.07) is 33.9. The molecule has 2 atom stereocenters. The van der Waals surface area contributed by atoms with Gasteiger partial charge in [0.2, 0.25) is 0 Å². The highest BCUT2D eigenvalue weighted by Gasteiger charge is 2.33. The lowest BCUT2D eigenvalue weighted by atomic mass is 10.1. The monoisotopic (exact) mass is 896 g/mol. The Balaban J connectivity index is 1.03. The fourth-order valence-electron chi connectivity index (χ4n) is 8.00. The van der Waals surface area contributed by atoms with Gasteiger partial charge in [-0.05, 0) is 68.1 Å². The van der Waals surface area contributed by atoms with Crippen LogP contribution in [0.25, 0.3) is 0 Å². The number of likely N-dealkylation sites (N-methyl/N-ethyl adjacent to an activating group) is 3. The molecule has 2 aromatic heterocycles. The number of carbonyl (C=O) groups is 2. The normalized spacial score (nSPS) is 15.0. The van der Waals surface area contributed by atoms with Gasteiger partial charge in [0, 0.05) is 75.6 Å². The number of benzene rings is 4. The zero-order chi connectivity index (χ0) is 44.6. The number of nitrogens with zero attached hydrogens (tertiary/aromatic N) is 8. The number of para-hydroxylation sites is 3. The second-order valence-corrected chi connectivity index (χ2v) is 16.8. The Hall–Kier alpha value is -6.04. The summed E-state index contributed by atoms with van der Waals surface area (Å²) in [4.78, 5) is 54.8. The lowest BCUT2D eigenvalue weighted by Crippen LogP contribution is -2.34. The average Bonchev–Trinajstić information content (AvgIpc) is 3.56. The molecule has 2 N–H and O–H groups in total. The van der Waals surface area contributed by atoms with Crippen molar-refractivity contribution in [1.82, 2.24) is 30.6 Å². The van der Waals surface area contributed by atoms with E-state index >= 15 is 0 Å². The Morgan fingerprint density at radius 2 is 1.17 bits per heavy atom. The first-order valence-electron chi connectivity index (χ1n) is 21.2. The molecule has 4 aromatic carbocycles. The summed E-state index contributed by atoms with van der Waals surface area (Å²) in [7, 11) is 5.75. The first kappa shape index (κ1) is 44.6. The fourth-order valence-corrected chi connectivity index (χ4v) is 8.68. The number of hydrogen-bond acceptors (Lipinski definition) is 14. The van der Waals surface area contributed by atoms with E-state index in [1.165, 1.54) is 23.5 Å². The Kier molecular flexibility index (Phi) is 14.4. The summed E-state index contributed by atoms with van der Waals surface area (Å²) in [6.45, 7) is 3.33. The predicted molar refractivity (Wildman–Crippen MR) is 256 cm³/mol. The van der Waals surface area contributed by atoms with Crippen LogP contribution >= 0.6 is 23.5 Å². The number of aromatic nitrogens is 4. The van der Waals surface area contributed by atoms with Crippen molar-refractivity contribution in [2.75, 3.05) is 92.5 Å². The first-order valence-corrected chi connectivity index (χ1v) is 23.6. The van der Waals surface area contributed by atoms with Gasteiger partial charge >= 0.3 is 0 Å². The molecule has 2 amide bonds. The number of fused-ring (bicyclic) bond motifs is 2. The molecule has 2 aliphatic heterocycles. The molecule has 0 fully saturated rings. The third kappa shape index (κ3) is 9.56. The van der Waals surface area contributed by atoms with Crippen LogP contribution in [-0.4, -0.2) is 105 Å². The molecule has 64 heavy (non-hydrogen) atoms. The maximum atomic E-state index is 14.6. The van der Waals surface area contributed by atoms with E-state index in [1.54, 1.807) is 22.2 Å². The van der Waals surface area contributed by atoms with Gasteiger partial charge in [-0.15, -0.1) is 0 Å². The number of hydrogen-bond donors (Lipinski definition) is 2. The van der Waals surface area contributed by atoms with E-state index in [-0.39, 0.29) is 30.6 Å². The number of amides is 2. The van der Waals surface area contributed by atoms with Crippen molar-refractivity contribution in [3.05, 3.63) is 143 Å². The Morgan fingerprint density at radius 3 is 1.86 bits per heavy atom. The molecule has 2 aliphatic rings. The van der Waals surface area contributed by atoms with Crippen LogP contribution in [0.1, 0.15) is 49.6 Å². The number of ether oxygens (including phenoxy) is 2. The Labute approximate surface area is 382 Å². The summed E-state index contributed by atoms with van der Waals surface area (Å²) in [5, 5.41) is 7.74. The van der Waals surface area contributed by atoms with Crippen LogP contribution in [-0.2, 0) is 11.3 Å². The van der Waals surface area contributed by atoms with Gasteiger partial charge in [-0.2, -0.15) is 0 Å². The summed E-state index contributed by atoms with van der Waals surface area (Å²) in [6.07, 6.45) is 6.53. The third-order valence-corrected chi connectivity index (χ3v) is 12.4. The van der Waals surface area contributed by atoms with E-state index < -0.39 is 0 Å². The molecule has 330 valence electrons. The van der Waals surface area contributed by atoms with Crippen LogP contribution in [0.5, 0.6) is 5.75 Å². The number of thioether (sulfide) groups is 2. The zero-order valence-corrected chi connectivity index (χ0v) is 38.2. The van der Waals surface area contributed by atoms with Crippen molar-refractivity contribution in [2.45, 2.75) is 29.1 Å². The van der Waals surface area contributed by atoms with Gasteiger partial charge < -0.3 is 39.7 Å². The highest BCUT2D eigenvalue weighted by Crippen LogP contribution is 2.38.